The Labute approximate surface area is 151 Å². The summed E-state index contributed by atoms with van der Waals surface area (Å²) in [5.74, 6) is 0.264. The van der Waals surface area contributed by atoms with E-state index in [1.54, 1.807) is 12.1 Å². The van der Waals surface area contributed by atoms with Crippen molar-refractivity contribution in [2.24, 2.45) is 5.92 Å². The number of likely N-dealkylation sites (N-methyl/N-ethyl adjacent to an activating group) is 1. The highest BCUT2D eigenvalue weighted by Gasteiger charge is 2.31. The van der Waals surface area contributed by atoms with E-state index < -0.39 is 5.97 Å². The molecule has 0 aromatic heterocycles. The Balaban J connectivity index is 0.000000450. The first-order chi connectivity index (χ1) is 11.8. The van der Waals surface area contributed by atoms with E-state index in [2.05, 4.69) is 19.0 Å². The predicted molar refractivity (Wildman–Crippen MR) is 99.9 cm³/mol. The lowest BCUT2D eigenvalue weighted by molar-refractivity contribution is -0.137. The number of aliphatic hydroxyl groups is 1. The van der Waals surface area contributed by atoms with Crippen molar-refractivity contribution in [2.45, 2.75) is 57.5 Å². The molecular formula is C20H33NO4. The maximum atomic E-state index is 10.3. The summed E-state index contributed by atoms with van der Waals surface area (Å²) in [5, 5.41) is 27.6. The smallest absolute Gasteiger partial charge is 0.303 e. The van der Waals surface area contributed by atoms with Crippen LogP contribution in [0, 0.1) is 5.92 Å². The minimum absolute atomic E-state index is 0.187. The Morgan fingerprint density at radius 3 is 2.24 bits per heavy atom. The maximum absolute atomic E-state index is 10.3. The molecule has 25 heavy (non-hydrogen) atoms. The molecule has 0 radical (unpaired) electrons. The van der Waals surface area contributed by atoms with E-state index in [1.807, 2.05) is 19.1 Å². The van der Waals surface area contributed by atoms with Gasteiger partial charge in [-0.15, -0.1) is 0 Å². The first-order valence-corrected chi connectivity index (χ1v) is 9.18. The van der Waals surface area contributed by atoms with Crippen molar-refractivity contribution >= 4 is 5.97 Å². The van der Waals surface area contributed by atoms with Crippen molar-refractivity contribution in [1.29, 1.82) is 0 Å². The Bertz CT molecular complexity index is 501. The molecule has 0 saturated heterocycles. The van der Waals surface area contributed by atoms with Crippen molar-refractivity contribution in [3.8, 4) is 5.75 Å². The summed E-state index contributed by atoms with van der Waals surface area (Å²) in [7, 11) is 4.14. The van der Waals surface area contributed by atoms with Crippen LogP contribution in [0.25, 0.3) is 0 Å². The third kappa shape index (κ3) is 7.88. The van der Waals surface area contributed by atoms with Gasteiger partial charge in [-0.2, -0.15) is 0 Å². The summed E-state index contributed by atoms with van der Waals surface area (Å²) in [6, 6.07) is 7.47. The van der Waals surface area contributed by atoms with Crippen molar-refractivity contribution in [2.75, 3.05) is 20.6 Å². The molecule has 1 aliphatic carbocycles. The number of aliphatic hydroxyl groups excluding tert-OH is 1. The van der Waals surface area contributed by atoms with Gasteiger partial charge in [0, 0.05) is 18.9 Å². The van der Waals surface area contributed by atoms with Crippen LogP contribution in [0.1, 0.15) is 56.9 Å². The van der Waals surface area contributed by atoms with E-state index in [4.69, 9.17) is 5.11 Å². The van der Waals surface area contributed by atoms with Gasteiger partial charge in [-0.3, -0.25) is 4.79 Å². The third-order valence-electron chi connectivity index (χ3n) is 4.65. The predicted octanol–water partition coefficient (Wildman–Crippen LogP) is 3.46. The summed E-state index contributed by atoms with van der Waals surface area (Å²) in [6.07, 6.45) is 5.21. The average molecular weight is 351 g/mol. The Kier molecular flexibility index (Phi) is 9.53. The lowest BCUT2D eigenvalue weighted by atomic mass is 9.75. The van der Waals surface area contributed by atoms with E-state index in [9.17, 15) is 15.0 Å². The number of hydrogen-bond donors (Lipinski definition) is 3. The number of phenols is 1. The molecule has 3 N–H and O–H groups in total. The number of phenolic OH excluding ortho intramolecular Hbond substituents is 1. The van der Waals surface area contributed by atoms with Gasteiger partial charge in [-0.1, -0.05) is 31.9 Å². The van der Waals surface area contributed by atoms with Crippen molar-refractivity contribution in [3.63, 3.8) is 0 Å². The summed E-state index contributed by atoms with van der Waals surface area (Å²) < 4.78 is 0. The number of aromatic hydroxyl groups is 1. The number of nitrogens with zero attached hydrogens (tertiary/aromatic N) is 1. The van der Waals surface area contributed by atoms with Gasteiger partial charge in [-0.05, 0) is 57.0 Å². The molecule has 0 aliphatic heterocycles. The zero-order valence-electron chi connectivity index (χ0n) is 15.7. The summed E-state index contributed by atoms with van der Waals surface area (Å²) in [6.45, 7) is 2.78. The van der Waals surface area contributed by atoms with Crippen LogP contribution in [-0.4, -0.2) is 52.9 Å². The zero-order chi connectivity index (χ0) is 18.8. The summed E-state index contributed by atoms with van der Waals surface area (Å²) >= 11 is 0. The molecule has 5 heteroatoms. The molecule has 1 fully saturated rings. The Hall–Kier alpha value is -1.59. The molecule has 1 aliphatic rings. The number of aliphatic carboxylic acids is 1. The topological polar surface area (TPSA) is 81.0 Å². The number of carbonyl (C=O) groups is 1. The fourth-order valence-corrected chi connectivity index (χ4v) is 3.43. The molecule has 2 rings (SSSR count). The zero-order valence-corrected chi connectivity index (χ0v) is 15.7. The number of carboxylic acid groups (broad SMARTS) is 1. The minimum atomic E-state index is -0.711. The molecule has 1 saturated carbocycles. The van der Waals surface area contributed by atoms with Crippen LogP contribution >= 0.6 is 0 Å². The number of hydrogen-bond acceptors (Lipinski definition) is 4. The van der Waals surface area contributed by atoms with E-state index in [0.717, 1.165) is 32.2 Å². The summed E-state index contributed by atoms with van der Waals surface area (Å²) in [5.41, 5.74) is 1.22. The van der Waals surface area contributed by atoms with Crippen LogP contribution in [0.15, 0.2) is 24.3 Å². The fraction of sp³-hybridized carbons (Fsp3) is 0.650. The quantitative estimate of drug-likeness (QED) is 0.731. The highest BCUT2D eigenvalue weighted by molar-refractivity contribution is 5.66. The average Bonchev–Trinajstić information content (AvgIpc) is 2.54. The van der Waals surface area contributed by atoms with Crippen LogP contribution < -0.4 is 0 Å². The first kappa shape index (κ1) is 21.5. The fourth-order valence-electron chi connectivity index (χ4n) is 3.43. The van der Waals surface area contributed by atoms with Crippen molar-refractivity contribution < 1.29 is 20.1 Å². The standard InChI is InChI=1S/C16H25NO2.C4H8O2/c1-17(2)11-15(12-7-9-13(18)10-8-12)14-5-3-4-6-16(14)19;1-2-3-4(5)6/h7-10,14-16,18-19H,3-6,11H2,1-2H3;2-3H2,1H3,(H,5,6). The molecule has 1 aromatic carbocycles. The number of rotatable bonds is 6. The third-order valence-corrected chi connectivity index (χ3v) is 4.65. The van der Waals surface area contributed by atoms with Gasteiger partial charge < -0.3 is 20.2 Å². The molecular weight excluding hydrogens is 318 g/mol. The molecule has 0 heterocycles. The van der Waals surface area contributed by atoms with E-state index in [1.165, 1.54) is 12.0 Å². The monoisotopic (exact) mass is 351 g/mol. The van der Waals surface area contributed by atoms with Crippen molar-refractivity contribution in [1.82, 2.24) is 4.90 Å². The Morgan fingerprint density at radius 1 is 1.20 bits per heavy atom. The van der Waals surface area contributed by atoms with Gasteiger partial charge in [0.2, 0.25) is 0 Å². The molecule has 0 bridgehead atoms. The van der Waals surface area contributed by atoms with E-state index >= 15 is 0 Å². The van der Waals surface area contributed by atoms with E-state index in [-0.39, 0.29) is 6.10 Å². The largest absolute Gasteiger partial charge is 0.508 e. The lowest BCUT2D eigenvalue weighted by Crippen LogP contribution is -2.35. The van der Waals surface area contributed by atoms with Crippen LogP contribution in [0.5, 0.6) is 5.75 Å². The van der Waals surface area contributed by atoms with Gasteiger partial charge in [0.05, 0.1) is 6.10 Å². The molecule has 3 unspecified atom stereocenters. The second-order valence-electron chi connectivity index (χ2n) is 7.12. The molecule has 0 amide bonds. The van der Waals surface area contributed by atoms with Gasteiger partial charge in [0.1, 0.15) is 5.75 Å². The molecule has 142 valence electrons. The van der Waals surface area contributed by atoms with Gasteiger partial charge >= 0.3 is 5.97 Å². The van der Waals surface area contributed by atoms with Crippen molar-refractivity contribution in [3.05, 3.63) is 29.8 Å². The molecule has 3 atom stereocenters. The van der Waals surface area contributed by atoms with E-state index in [0.29, 0.717) is 24.0 Å². The van der Waals surface area contributed by atoms with Gasteiger partial charge in [0.15, 0.2) is 0 Å². The normalized spacial score (nSPS) is 21.3. The van der Waals surface area contributed by atoms with Gasteiger partial charge in [0.25, 0.3) is 0 Å². The molecule has 5 nitrogen and oxygen atoms in total. The maximum Gasteiger partial charge on any atom is 0.303 e. The van der Waals surface area contributed by atoms with Crippen LogP contribution in [0.2, 0.25) is 0 Å². The minimum Gasteiger partial charge on any atom is -0.508 e. The lowest BCUT2D eigenvalue weighted by Gasteiger charge is -2.36. The SMILES string of the molecule is CCCC(=O)O.CN(C)CC(c1ccc(O)cc1)C1CCCCC1O. The number of benzene rings is 1. The van der Waals surface area contributed by atoms with Gasteiger partial charge in [-0.25, -0.2) is 0 Å². The van der Waals surface area contributed by atoms with Crippen LogP contribution in [0.4, 0.5) is 0 Å². The number of carboxylic acids is 1. The second-order valence-corrected chi connectivity index (χ2v) is 7.12. The first-order valence-electron chi connectivity index (χ1n) is 9.18. The van der Waals surface area contributed by atoms with Crippen LogP contribution in [-0.2, 0) is 4.79 Å². The molecule has 1 aromatic rings. The summed E-state index contributed by atoms with van der Waals surface area (Å²) in [4.78, 5) is 11.8. The second kappa shape index (κ2) is 11.1. The Morgan fingerprint density at radius 2 is 1.80 bits per heavy atom. The highest BCUT2D eigenvalue weighted by atomic mass is 16.4. The molecule has 0 spiro atoms. The highest BCUT2D eigenvalue weighted by Crippen LogP contribution is 2.37. The van der Waals surface area contributed by atoms with Crippen LogP contribution in [0.3, 0.4) is 0 Å².